The van der Waals surface area contributed by atoms with E-state index in [0.717, 1.165) is 25.7 Å². The number of phenols is 1. The standard InChI is InChI=1S/C13H7Cl3N2S.C12H9Cl2NOS.ClH/c14-7-1-2-12(8(15)3-7)19-13-5-11-10(4-9(13)16)17-6-18-11;13-8-2-1-3-11(12(8)14)17-10-5-4-7(15)6-9(10)16;/h1-6H,(H,17,18);1-6,16H,15H2;1H. The molecule has 0 saturated carbocycles. The Balaban J connectivity index is 0.000000201. The van der Waals surface area contributed by atoms with Crippen LogP contribution in [0.2, 0.25) is 25.1 Å². The number of aromatic hydroxyl groups is 1. The van der Waals surface area contributed by atoms with Gasteiger partial charge < -0.3 is 15.8 Å². The fraction of sp³-hybridized carbons (Fsp3) is 0. The monoisotopic (exact) mass is 649 g/mol. The van der Waals surface area contributed by atoms with Gasteiger partial charge in [-0.25, -0.2) is 4.98 Å². The number of aromatic nitrogens is 2. The second-order valence-corrected chi connectivity index (χ2v) is 11.5. The quantitative estimate of drug-likeness (QED) is 0.169. The first-order chi connectivity index (χ1) is 17.2. The van der Waals surface area contributed by atoms with E-state index in [9.17, 15) is 5.11 Å². The molecule has 0 bridgehead atoms. The van der Waals surface area contributed by atoms with Crippen molar-refractivity contribution in [1.82, 2.24) is 9.97 Å². The third-order valence-electron chi connectivity index (χ3n) is 4.71. The number of benzene rings is 4. The van der Waals surface area contributed by atoms with E-state index < -0.39 is 0 Å². The average molecular weight is 652 g/mol. The lowest BCUT2D eigenvalue weighted by Gasteiger charge is -2.07. The number of nitrogens with one attached hydrogen (secondary N) is 1. The van der Waals surface area contributed by atoms with Crippen molar-refractivity contribution in [3.63, 3.8) is 0 Å². The largest absolute Gasteiger partial charge is 0.507 e. The third kappa shape index (κ3) is 7.71. The van der Waals surface area contributed by atoms with Crippen LogP contribution in [-0.2, 0) is 0 Å². The fourth-order valence-corrected chi connectivity index (χ4v) is 6.01. The van der Waals surface area contributed by atoms with Crippen molar-refractivity contribution in [1.29, 1.82) is 0 Å². The molecular formula is C25H17Cl6N3OS2. The van der Waals surface area contributed by atoms with E-state index in [-0.39, 0.29) is 18.2 Å². The van der Waals surface area contributed by atoms with Gasteiger partial charge in [0.1, 0.15) is 5.75 Å². The maximum absolute atomic E-state index is 9.74. The Labute approximate surface area is 253 Å². The lowest BCUT2D eigenvalue weighted by atomic mass is 10.3. The molecule has 0 unspecified atom stereocenters. The van der Waals surface area contributed by atoms with Crippen LogP contribution >= 0.6 is 93.9 Å². The first kappa shape index (κ1) is 29.9. The number of hydrogen-bond donors (Lipinski definition) is 3. The predicted molar refractivity (Wildman–Crippen MR) is 162 cm³/mol. The summed E-state index contributed by atoms with van der Waals surface area (Å²) in [7, 11) is 0. The summed E-state index contributed by atoms with van der Waals surface area (Å²) in [6.45, 7) is 0. The van der Waals surface area contributed by atoms with Gasteiger partial charge in [0, 0.05) is 31.5 Å². The summed E-state index contributed by atoms with van der Waals surface area (Å²) in [4.78, 5) is 10.5. The van der Waals surface area contributed by atoms with Crippen molar-refractivity contribution >= 4 is 111 Å². The Morgan fingerprint density at radius 3 is 2.16 bits per heavy atom. The van der Waals surface area contributed by atoms with E-state index in [1.54, 1.807) is 36.7 Å². The number of fused-ring (bicyclic) bond motifs is 1. The molecule has 0 fully saturated rings. The zero-order valence-corrected chi connectivity index (χ0v) is 24.7. The molecule has 0 atom stereocenters. The minimum absolute atomic E-state index is 0. The topological polar surface area (TPSA) is 74.9 Å². The second kappa shape index (κ2) is 13.5. The summed E-state index contributed by atoms with van der Waals surface area (Å²) in [5, 5.41) is 12.6. The number of hydrogen-bond acceptors (Lipinski definition) is 5. The van der Waals surface area contributed by atoms with Gasteiger partial charge in [-0.3, -0.25) is 0 Å². The molecule has 0 aliphatic carbocycles. The number of imidazole rings is 1. The molecular weight excluding hydrogens is 635 g/mol. The van der Waals surface area contributed by atoms with Crippen molar-refractivity contribution in [3.05, 3.63) is 98.2 Å². The van der Waals surface area contributed by atoms with E-state index in [1.165, 1.54) is 29.6 Å². The zero-order valence-electron chi connectivity index (χ0n) is 18.5. The number of halogens is 6. The SMILES string of the molecule is Cl.Clc1ccc(Sc2cc3nc[nH]c3cc2Cl)c(Cl)c1.Nc1ccc(Sc2cccc(Cl)c2Cl)c(O)c1. The lowest BCUT2D eigenvalue weighted by molar-refractivity contribution is 0.463. The molecule has 4 nitrogen and oxygen atoms in total. The van der Waals surface area contributed by atoms with Crippen LogP contribution in [0.15, 0.2) is 92.6 Å². The average Bonchev–Trinajstić information content (AvgIpc) is 3.28. The number of anilines is 1. The van der Waals surface area contributed by atoms with Crippen molar-refractivity contribution in [2.45, 2.75) is 19.6 Å². The highest BCUT2D eigenvalue weighted by atomic mass is 35.5. The third-order valence-corrected chi connectivity index (χ3v) is 8.98. The number of H-pyrrole nitrogens is 1. The fourth-order valence-electron chi connectivity index (χ4n) is 2.99. The van der Waals surface area contributed by atoms with E-state index >= 15 is 0 Å². The van der Waals surface area contributed by atoms with E-state index in [1.807, 2.05) is 30.3 Å². The van der Waals surface area contributed by atoms with Crippen molar-refractivity contribution < 1.29 is 5.11 Å². The van der Waals surface area contributed by atoms with Crippen LogP contribution in [0.5, 0.6) is 5.75 Å². The molecule has 37 heavy (non-hydrogen) atoms. The Bertz CT molecular complexity index is 1550. The highest BCUT2D eigenvalue weighted by Gasteiger charge is 2.10. The van der Waals surface area contributed by atoms with Crippen molar-refractivity contribution in [2.75, 3.05) is 5.73 Å². The van der Waals surface area contributed by atoms with Gasteiger partial charge in [0.25, 0.3) is 0 Å². The number of phenolic OH excluding ortho intramolecular Hbond substituents is 1. The van der Waals surface area contributed by atoms with Gasteiger partial charge in [-0.2, -0.15) is 0 Å². The maximum atomic E-state index is 9.74. The van der Waals surface area contributed by atoms with Crippen molar-refractivity contribution in [3.8, 4) is 5.75 Å². The van der Waals surface area contributed by atoms with Crippen LogP contribution in [0.4, 0.5) is 5.69 Å². The van der Waals surface area contributed by atoms with Crippen LogP contribution in [0.25, 0.3) is 11.0 Å². The molecule has 12 heteroatoms. The van der Waals surface area contributed by atoms with Crippen molar-refractivity contribution in [2.24, 2.45) is 0 Å². The molecule has 5 aromatic rings. The van der Waals surface area contributed by atoms with Gasteiger partial charge in [-0.05, 0) is 54.6 Å². The van der Waals surface area contributed by atoms with Gasteiger partial charge in [0.15, 0.2) is 0 Å². The number of rotatable bonds is 4. The summed E-state index contributed by atoms with van der Waals surface area (Å²) >= 11 is 33.1. The Kier molecular flexibility index (Phi) is 10.9. The van der Waals surface area contributed by atoms with E-state index in [2.05, 4.69) is 9.97 Å². The molecule has 0 amide bonds. The molecule has 5 rings (SSSR count). The normalized spacial score (nSPS) is 10.5. The number of nitrogen functional groups attached to an aromatic ring is 1. The molecule has 1 heterocycles. The molecule has 0 saturated heterocycles. The second-order valence-electron chi connectivity index (χ2n) is 7.26. The first-order valence-corrected chi connectivity index (χ1v) is 13.7. The zero-order chi connectivity index (χ0) is 25.8. The van der Waals surface area contributed by atoms with Crippen LogP contribution in [0.1, 0.15) is 0 Å². The smallest absolute Gasteiger partial charge is 0.131 e. The summed E-state index contributed by atoms with van der Waals surface area (Å²) in [6, 6.07) is 19.5. The molecule has 4 aromatic carbocycles. The summed E-state index contributed by atoms with van der Waals surface area (Å²) in [6.07, 6.45) is 1.64. The minimum Gasteiger partial charge on any atom is -0.507 e. The Morgan fingerprint density at radius 2 is 1.43 bits per heavy atom. The maximum Gasteiger partial charge on any atom is 0.131 e. The molecule has 4 N–H and O–H groups in total. The predicted octanol–water partition coefficient (Wildman–Crippen LogP) is 10.5. The molecule has 0 aliphatic heterocycles. The minimum atomic E-state index is 0. The summed E-state index contributed by atoms with van der Waals surface area (Å²) < 4.78 is 0. The van der Waals surface area contributed by atoms with E-state index in [4.69, 9.17) is 63.7 Å². The van der Waals surface area contributed by atoms with Gasteiger partial charge in [0.2, 0.25) is 0 Å². The molecule has 192 valence electrons. The molecule has 1 aromatic heterocycles. The molecule has 0 aliphatic rings. The highest BCUT2D eigenvalue weighted by molar-refractivity contribution is 7.99. The van der Waals surface area contributed by atoms with Crippen LogP contribution in [0, 0.1) is 0 Å². The Morgan fingerprint density at radius 1 is 0.730 bits per heavy atom. The molecule has 0 spiro atoms. The highest BCUT2D eigenvalue weighted by Crippen LogP contribution is 2.41. The number of nitrogens with two attached hydrogens (primary N) is 1. The number of nitrogens with zero attached hydrogens (tertiary/aromatic N) is 1. The molecule has 0 radical (unpaired) electrons. The summed E-state index contributed by atoms with van der Waals surface area (Å²) in [5.74, 6) is 0.131. The first-order valence-electron chi connectivity index (χ1n) is 10.2. The summed E-state index contributed by atoms with van der Waals surface area (Å²) in [5.41, 5.74) is 7.86. The van der Waals surface area contributed by atoms with Gasteiger partial charge >= 0.3 is 0 Å². The lowest BCUT2D eigenvalue weighted by Crippen LogP contribution is -1.84. The van der Waals surface area contributed by atoms with Crippen LogP contribution < -0.4 is 5.73 Å². The van der Waals surface area contributed by atoms with E-state index in [0.29, 0.717) is 35.7 Å². The van der Waals surface area contributed by atoms with Crippen LogP contribution in [-0.4, -0.2) is 15.1 Å². The van der Waals surface area contributed by atoms with Gasteiger partial charge in [0.05, 0.1) is 42.3 Å². The van der Waals surface area contributed by atoms with Gasteiger partial charge in [-0.1, -0.05) is 87.6 Å². The Hall–Kier alpha value is -1.61. The van der Waals surface area contributed by atoms with Gasteiger partial charge in [-0.15, -0.1) is 12.4 Å². The van der Waals surface area contributed by atoms with Crippen LogP contribution in [0.3, 0.4) is 0 Å². The number of aromatic amines is 1.